The van der Waals surface area contributed by atoms with E-state index in [-0.39, 0.29) is 22.4 Å². The smallest absolute Gasteiger partial charge is 0.269 e. The Morgan fingerprint density at radius 3 is 2.33 bits per heavy atom. The van der Waals surface area contributed by atoms with Gasteiger partial charge in [0, 0.05) is 17.7 Å². The summed E-state index contributed by atoms with van der Waals surface area (Å²) in [6.45, 7) is 4.22. The van der Waals surface area contributed by atoms with Gasteiger partial charge in [-0.15, -0.1) is 0 Å². The molecule has 4 nitrogen and oxygen atoms in total. The third-order valence-electron chi connectivity index (χ3n) is 2.64. The van der Waals surface area contributed by atoms with Gasteiger partial charge in [0.2, 0.25) is 5.78 Å². The molecule has 0 fully saturated rings. The Morgan fingerprint density at radius 1 is 1.28 bits per heavy atom. The summed E-state index contributed by atoms with van der Waals surface area (Å²) in [5, 5.41) is 10.5. The van der Waals surface area contributed by atoms with Gasteiger partial charge in [-0.1, -0.05) is 6.92 Å². The third kappa shape index (κ3) is 4.14. The molecule has 0 spiro atoms. The fraction of sp³-hybridized carbons (Fsp3) is 0.462. The number of non-ortho nitro benzene ring substituents is 1. The molecular weight excluding hydrogens is 250 g/mol. The van der Waals surface area contributed by atoms with E-state index in [1.807, 2.05) is 0 Å². The lowest BCUT2D eigenvalue weighted by molar-refractivity contribution is -0.384. The number of rotatable bonds is 7. The highest BCUT2D eigenvalue weighted by molar-refractivity contribution is 7.97. The number of hydrogen-bond acceptors (Lipinski definition) is 3. The number of ketones is 1. The van der Waals surface area contributed by atoms with Crippen molar-refractivity contribution in [1.29, 1.82) is 0 Å². The summed E-state index contributed by atoms with van der Waals surface area (Å²) in [6.07, 6.45) is 1.09. The third-order valence-corrected chi connectivity index (χ3v) is 5.11. The van der Waals surface area contributed by atoms with E-state index in [2.05, 4.69) is 13.8 Å². The summed E-state index contributed by atoms with van der Waals surface area (Å²) in [6, 6.07) is 5.86. The number of benzene rings is 1. The van der Waals surface area contributed by atoms with Crippen LogP contribution in [0.2, 0.25) is 0 Å². The minimum Gasteiger partial charge on any atom is -0.289 e. The summed E-state index contributed by atoms with van der Waals surface area (Å²) >= 11 is 0. The number of nitrogens with zero attached hydrogens (tertiary/aromatic N) is 1. The lowest BCUT2D eigenvalue weighted by atomic mass is 10.1. The Labute approximate surface area is 110 Å². The number of carbonyl (C=O) groups is 1. The summed E-state index contributed by atoms with van der Waals surface area (Å²) < 4.78 is 0. The zero-order valence-electron chi connectivity index (χ0n) is 10.7. The number of nitro benzene ring substituents is 1. The highest BCUT2D eigenvalue weighted by Crippen LogP contribution is 2.13. The standard InChI is InChI=1S/C13H18NO3S/c1-3-9-18(4-2)10-13(15)11-5-7-12(8-6-11)14(16)17/h5-8H,3-4,9-10H2,1-2H3/q+1. The van der Waals surface area contributed by atoms with E-state index < -0.39 is 4.92 Å². The molecule has 0 aromatic heterocycles. The quantitative estimate of drug-likeness (QED) is 0.330. The van der Waals surface area contributed by atoms with Gasteiger partial charge in [-0.3, -0.25) is 14.9 Å². The largest absolute Gasteiger partial charge is 0.289 e. The van der Waals surface area contributed by atoms with Gasteiger partial charge in [0.1, 0.15) is 11.5 Å². The molecule has 5 heteroatoms. The van der Waals surface area contributed by atoms with Gasteiger partial charge in [-0.05, 0) is 36.4 Å². The van der Waals surface area contributed by atoms with E-state index in [1.165, 1.54) is 12.1 Å². The van der Waals surface area contributed by atoms with Crippen molar-refractivity contribution in [3.05, 3.63) is 39.9 Å². The highest BCUT2D eigenvalue weighted by atomic mass is 32.2. The molecule has 1 atom stereocenters. The number of nitro groups is 1. The molecule has 0 aliphatic heterocycles. The van der Waals surface area contributed by atoms with E-state index in [9.17, 15) is 14.9 Å². The molecule has 98 valence electrons. The molecular formula is C13H18NO3S+. The van der Waals surface area contributed by atoms with Gasteiger partial charge in [0.05, 0.1) is 4.92 Å². The maximum absolute atomic E-state index is 12.0. The van der Waals surface area contributed by atoms with Crippen LogP contribution in [0.5, 0.6) is 0 Å². The molecule has 0 amide bonds. The molecule has 0 N–H and O–H groups in total. The zero-order valence-corrected chi connectivity index (χ0v) is 11.5. The maximum Gasteiger partial charge on any atom is 0.269 e. The van der Waals surface area contributed by atoms with Crippen LogP contribution in [0.1, 0.15) is 30.6 Å². The predicted molar refractivity (Wildman–Crippen MR) is 75.4 cm³/mol. The monoisotopic (exact) mass is 268 g/mol. The van der Waals surface area contributed by atoms with Crippen LogP contribution in [0.3, 0.4) is 0 Å². The normalized spacial score (nSPS) is 12.1. The summed E-state index contributed by atoms with van der Waals surface area (Å²) in [4.78, 5) is 22.1. The SMILES string of the molecule is CCC[S+](CC)CC(=O)c1ccc([N+](=O)[O-])cc1. The van der Waals surface area contributed by atoms with Crippen LogP contribution in [0.15, 0.2) is 24.3 Å². The lowest BCUT2D eigenvalue weighted by Crippen LogP contribution is -2.21. The first-order chi connectivity index (χ1) is 8.58. The zero-order chi connectivity index (χ0) is 13.5. The van der Waals surface area contributed by atoms with Crippen LogP contribution in [-0.2, 0) is 10.9 Å². The van der Waals surface area contributed by atoms with Crippen molar-refractivity contribution in [3.63, 3.8) is 0 Å². The fourth-order valence-corrected chi connectivity index (χ4v) is 3.40. The van der Waals surface area contributed by atoms with Gasteiger partial charge in [0.15, 0.2) is 5.75 Å². The molecule has 0 saturated carbocycles. The van der Waals surface area contributed by atoms with Crippen LogP contribution >= 0.6 is 0 Å². The van der Waals surface area contributed by atoms with E-state index >= 15 is 0 Å². The van der Waals surface area contributed by atoms with Gasteiger partial charge in [-0.2, -0.15) is 0 Å². The van der Waals surface area contributed by atoms with Crippen molar-refractivity contribution in [2.24, 2.45) is 0 Å². The molecule has 1 unspecified atom stereocenters. The van der Waals surface area contributed by atoms with Gasteiger partial charge in [-0.25, -0.2) is 0 Å². The van der Waals surface area contributed by atoms with Crippen molar-refractivity contribution in [2.45, 2.75) is 20.3 Å². The second kappa shape index (κ2) is 7.16. The van der Waals surface area contributed by atoms with Crippen molar-refractivity contribution >= 4 is 22.4 Å². The Kier molecular flexibility index (Phi) is 5.85. The van der Waals surface area contributed by atoms with Crippen molar-refractivity contribution < 1.29 is 9.72 Å². The second-order valence-corrected chi connectivity index (χ2v) is 6.48. The average molecular weight is 268 g/mol. The molecule has 0 saturated heterocycles. The first kappa shape index (κ1) is 14.7. The van der Waals surface area contributed by atoms with E-state index in [4.69, 9.17) is 0 Å². The van der Waals surface area contributed by atoms with Gasteiger partial charge >= 0.3 is 0 Å². The topological polar surface area (TPSA) is 60.2 Å². The molecule has 1 aromatic carbocycles. The maximum atomic E-state index is 12.0. The minimum absolute atomic E-state index is 0.0228. The molecule has 0 heterocycles. The van der Waals surface area contributed by atoms with Crippen molar-refractivity contribution in [2.75, 3.05) is 17.3 Å². The van der Waals surface area contributed by atoms with Crippen molar-refractivity contribution in [1.82, 2.24) is 0 Å². The van der Waals surface area contributed by atoms with E-state index in [0.717, 1.165) is 17.9 Å². The van der Waals surface area contributed by atoms with Gasteiger partial charge in [0.25, 0.3) is 5.69 Å². The molecule has 0 aliphatic carbocycles. The Balaban J connectivity index is 2.69. The predicted octanol–water partition coefficient (Wildman–Crippen LogP) is 2.83. The number of carbonyl (C=O) groups excluding carboxylic acids is 1. The number of Topliss-reactive ketones (excluding diaryl/α,β-unsaturated/α-hetero) is 1. The highest BCUT2D eigenvalue weighted by Gasteiger charge is 2.20. The Morgan fingerprint density at radius 2 is 1.89 bits per heavy atom. The number of hydrogen-bond donors (Lipinski definition) is 0. The fourth-order valence-electron chi connectivity index (χ4n) is 1.65. The minimum atomic E-state index is -0.456. The molecule has 18 heavy (non-hydrogen) atoms. The molecule has 0 bridgehead atoms. The van der Waals surface area contributed by atoms with Gasteiger partial charge < -0.3 is 0 Å². The van der Waals surface area contributed by atoms with Crippen molar-refractivity contribution in [3.8, 4) is 0 Å². The molecule has 1 aromatic rings. The summed E-state index contributed by atoms with van der Waals surface area (Å²) in [5.74, 6) is 2.74. The first-order valence-corrected chi connectivity index (χ1v) is 7.73. The first-order valence-electron chi connectivity index (χ1n) is 6.00. The van der Waals surface area contributed by atoms with E-state index in [0.29, 0.717) is 11.3 Å². The van der Waals surface area contributed by atoms with Crippen LogP contribution in [0.25, 0.3) is 0 Å². The Bertz CT molecular complexity index is 417. The molecule has 1 rings (SSSR count). The van der Waals surface area contributed by atoms with Crippen LogP contribution in [-0.4, -0.2) is 28.0 Å². The van der Waals surface area contributed by atoms with Crippen LogP contribution in [0.4, 0.5) is 5.69 Å². The van der Waals surface area contributed by atoms with Crippen LogP contribution < -0.4 is 0 Å². The second-order valence-electron chi connectivity index (χ2n) is 3.98. The van der Waals surface area contributed by atoms with Crippen LogP contribution in [0, 0.1) is 10.1 Å². The molecule has 0 aliphatic rings. The summed E-state index contributed by atoms with van der Waals surface area (Å²) in [7, 11) is 0.140. The lowest BCUT2D eigenvalue weighted by Gasteiger charge is -2.04. The average Bonchev–Trinajstić information content (AvgIpc) is 2.38. The Hall–Kier alpha value is -1.36. The molecule has 0 radical (unpaired) electrons. The van der Waals surface area contributed by atoms with E-state index in [1.54, 1.807) is 12.1 Å². The summed E-state index contributed by atoms with van der Waals surface area (Å²) in [5.41, 5.74) is 0.595.